The summed E-state index contributed by atoms with van der Waals surface area (Å²) in [5.74, 6) is 0. The lowest BCUT2D eigenvalue weighted by Gasteiger charge is -2.08. The Bertz CT molecular complexity index is 556. The topological polar surface area (TPSA) is 56.7 Å². The molecule has 84 valence electrons. The van der Waals surface area contributed by atoms with Gasteiger partial charge in [0.25, 0.3) is 0 Å². The number of nitrogens with two attached hydrogens (primary N) is 1. The molecule has 0 radical (unpaired) electrons. The number of rotatable bonds is 4. The first-order valence-electron chi connectivity index (χ1n) is 5.12. The van der Waals surface area contributed by atoms with Crippen molar-refractivity contribution >= 4 is 45.2 Å². The molecule has 1 atom stereocenters. The quantitative estimate of drug-likeness (QED) is 0.522. The van der Waals surface area contributed by atoms with Crippen molar-refractivity contribution in [2.24, 2.45) is 5.73 Å². The van der Waals surface area contributed by atoms with E-state index in [2.05, 4.69) is 44.9 Å². The van der Waals surface area contributed by atoms with E-state index in [1.54, 1.807) is 6.08 Å². The Morgan fingerprint density at radius 2 is 2.56 bits per heavy atom. The van der Waals surface area contributed by atoms with E-state index < -0.39 is 0 Å². The Labute approximate surface area is 113 Å². The molecule has 0 saturated heterocycles. The Kier molecular flexibility index (Phi) is 3.07. The lowest BCUT2D eigenvalue weighted by molar-refractivity contribution is 0.644. The number of aromatic nitrogens is 3. The summed E-state index contributed by atoms with van der Waals surface area (Å²) in [6, 6.07) is -0.129. The molecule has 0 aliphatic carbocycles. The van der Waals surface area contributed by atoms with Crippen LogP contribution in [0, 0.1) is 3.57 Å². The van der Waals surface area contributed by atoms with Gasteiger partial charge >= 0.3 is 0 Å². The van der Waals surface area contributed by atoms with Crippen molar-refractivity contribution in [1.82, 2.24) is 14.5 Å². The minimum Gasteiger partial charge on any atom is -0.329 e. The molecule has 0 fully saturated rings. The number of hydrogen-bond acceptors (Lipinski definition) is 3. The van der Waals surface area contributed by atoms with Crippen LogP contribution in [0.3, 0.4) is 0 Å². The summed E-state index contributed by atoms with van der Waals surface area (Å²) < 4.78 is 10.1. The van der Waals surface area contributed by atoms with Gasteiger partial charge < -0.3 is 10.3 Å². The second-order valence-corrected chi connectivity index (χ2v) is 4.85. The van der Waals surface area contributed by atoms with Crippen molar-refractivity contribution in [3.8, 4) is 0 Å². The standard InChI is InChI=1S/C10H10ClIN4/c1-2-6(13)3-16-4-7(12)8-9(11)14-5-15-10(8)16/h2,4-6H,1,3,13H2/t6-/m0/s1/i/hT. The smallest absolute Gasteiger partial charge is 0.146 e. The summed E-state index contributed by atoms with van der Waals surface area (Å²) >= 11 is 8.23. The number of hydrogen-bond donors (Lipinski definition) is 1. The molecule has 2 heterocycles. The fraction of sp³-hybridized carbons (Fsp3) is 0.200. The van der Waals surface area contributed by atoms with Gasteiger partial charge in [-0.1, -0.05) is 17.7 Å². The van der Waals surface area contributed by atoms with Crippen molar-refractivity contribution in [3.05, 3.63) is 33.9 Å². The molecule has 2 aromatic rings. The van der Waals surface area contributed by atoms with Crippen LogP contribution < -0.4 is 5.73 Å². The second kappa shape index (κ2) is 4.68. The predicted octanol–water partition coefficient (Wildman–Crippen LogP) is 2.20. The lowest BCUT2D eigenvalue weighted by Crippen LogP contribution is -2.23. The van der Waals surface area contributed by atoms with Gasteiger partial charge in [0.1, 0.15) is 18.5 Å². The van der Waals surface area contributed by atoms with Gasteiger partial charge in [-0.2, -0.15) is 0 Å². The molecule has 0 aliphatic heterocycles. The zero-order valence-corrected chi connectivity index (χ0v) is 11.2. The zero-order chi connectivity index (χ0) is 12.4. The third kappa shape index (κ3) is 2.07. The van der Waals surface area contributed by atoms with Gasteiger partial charge in [0.05, 0.1) is 5.39 Å². The van der Waals surface area contributed by atoms with Gasteiger partial charge in [0.15, 0.2) is 0 Å². The van der Waals surface area contributed by atoms with Gasteiger partial charge in [-0.3, -0.25) is 0 Å². The molecule has 0 aliphatic rings. The van der Waals surface area contributed by atoms with Crippen LogP contribution in [0.4, 0.5) is 0 Å². The number of fused-ring (bicyclic) bond motifs is 1. The van der Waals surface area contributed by atoms with Crippen LogP contribution in [0.25, 0.3) is 11.0 Å². The Hall–Kier alpha value is -0.660. The van der Waals surface area contributed by atoms with Crippen LogP contribution in [-0.2, 0) is 6.54 Å². The first-order chi connectivity index (χ1) is 8.17. The van der Waals surface area contributed by atoms with E-state index in [1.165, 1.54) is 6.33 Å². The molecule has 16 heavy (non-hydrogen) atoms. The molecular weight excluding hydrogens is 338 g/mol. The van der Waals surface area contributed by atoms with Gasteiger partial charge in [0.2, 0.25) is 0 Å². The fourth-order valence-electron chi connectivity index (χ4n) is 1.47. The predicted molar refractivity (Wildman–Crippen MR) is 73.4 cm³/mol. The third-order valence-electron chi connectivity index (χ3n) is 2.24. The highest BCUT2D eigenvalue weighted by atomic mass is 127. The maximum Gasteiger partial charge on any atom is 0.146 e. The van der Waals surface area contributed by atoms with Crippen LogP contribution in [0.1, 0.15) is 0 Å². The largest absolute Gasteiger partial charge is 0.329 e. The van der Waals surface area contributed by atoms with E-state index in [-0.39, 0.29) is 6.04 Å². The van der Waals surface area contributed by atoms with E-state index in [4.69, 9.17) is 13.0 Å². The van der Waals surface area contributed by atoms with Gasteiger partial charge in [-0.05, 0) is 22.6 Å². The molecule has 2 aromatic heterocycles. The van der Waals surface area contributed by atoms with Crippen molar-refractivity contribution in [2.75, 3.05) is 0 Å². The van der Waals surface area contributed by atoms with E-state index in [0.717, 1.165) is 14.6 Å². The summed E-state index contributed by atoms with van der Waals surface area (Å²) in [5, 5.41) is 1.30. The summed E-state index contributed by atoms with van der Waals surface area (Å²) in [6.45, 7) is 4.26. The highest BCUT2D eigenvalue weighted by Crippen LogP contribution is 2.26. The molecule has 2 rings (SSSR count). The first-order valence-corrected chi connectivity index (χ1v) is 6.07. The van der Waals surface area contributed by atoms with Gasteiger partial charge in [-0.25, -0.2) is 9.97 Å². The van der Waals surface area contributed by atoms with Gasteiger partial charge in [-0.15, -0.1) is 6.58 Å². The Balaban J connectivity index is 2.49. The number of nitrogens with zero attached hydrogens (tertiary/aromatic N) is 3. The van der Waals surface area contributed by atoms with Crippen LogP contribution in [0.2, 0.25) is 6.56 Å². The van der Waals surface area contributed by atoms with Crippen LogP contribution in [-0.4, -0.2) is 20.6 Å². The third-order valence-corrected chi connectivity index (χ3v) is 3.34. The highest BCUT2D eigenvalue weighted by molar-refractivity contribution is 14.1. The minimum atomic E-state index is -0.129. The number of halogens is 2. The SMILES string of the molecule is [3H]N[C@@H](C=C)Cn1cc(I)c2c(Cl)ncnc21. The molecule has 0 unspecified atom stereocenters. The Morgan fingerprint density at radius 1 is 1.75 bits per heavy atom. The van der Waals surface area contributed by atoms with Crippen molar-refractivity contribution in [2.45, 2.75) is 12.6 Å². The van der Waals surface area contributed by atoms with E-state index in [0.29, 0.717) is 11.7 Å². The van der Waals surface area contributed by atoms with E-state index in [1.807, 2.05) is 10.8 Å². The average Bonchev–Trinajstić information content (AvgIpc) is 2.64. The summed E-state index contributed by atoms with van der Waals surface area (Å²) in [4.78, 5) is 8.19. The van der Waals surface area contributed by atoms with Gasteiger partial charge in [0, 0.05) is 22.4 Å². The van der Waals surface area contributed by atoms with E-state index in [9.17, 15) is 0 Å². The molecule has 0 amide bonds. The molecule has 0 spiro atoms. The maximum atomic E-state index is 7.17. The monoisotopic (exact) mass is 350 g/mol. The summed E-state index contributed by atoms with van der Waals surface area (Å²) in [7, 11) is 0. The van der Waals surface area contributed by atoms with E-state index >= 15 is 0 Å². The van der Waals surface area contributed by atoms with Crippen LogP contribution in [0.5, 0.6) is 0 Å². The van der Waals surface area contributed by atoms with Crippen molar-refractivity contribution in [1.29, 1.82) is 0 Å². The summed E-state index contributed by atoms with van der Waals surface area (Å²) in [6.07, 6.45) is 5.07. The minimum absolute atomic E-state index is 0.129. The zero-order valence-electron chi connectivity index (χ0n) is 9.32. The lowest BCUT2D eigenvalue weighted by atomic mass is 10.3. The highest BCUT2D eigenvalue weighted by Gasteiger charge is 2.12. The van der Waals surface area contributed by atoms with Crippen molar-refractivity contribution < 1.29 is 1.41 Å². The molecule has 0 saturated carbocycles. The molecular formula is C10H10ClIN4. The van der Waals surface area contributed by atoms with Crippen LogP contribution in [0.15, 0.2) is 25.2 Å². The normalized spacial score (nSPS) is 13.8. The average molecular weight is 351 g/mol. The molecule has 2 N–H and O–H groups in total. The summed E-state index contributed by atoms with van der Waals surface area (Å²) in [5.41, 5.74) is 3.20. The van der Waals surface area contributed by atoms with Crippen LogP contribution >= 0.6 is 34.2 Å². The second-order valence-electron chi connectivity index (χ2n) is 3.33. The van der Waals surface area contributed by atoms with Crippen molar-refractivity contribution in [3.63, 3.8) is 0 Å². The molecule has 0 aromatic carbocycles. The Morgan fingerprint density at radius 3 is 3.25 bits per heavy atom. The molecule has 6 heteroatoms. The molecule has 0 bridgehead atoms. The molecule has 4 nitrogen and oxygen atoms in total. The first kappa shape index (κ1) is 10.5. The fourth-order valence-corrected chi connectivity index (χ4v) is 2.69. The maximum absolute atomic E-state index is 7.17.